The highest BCUT2D eigenvalue weighted by atomic mass is 19.1. The number of carbonyl (C=O) groups excluding carboxylic acids is 1. The summed E-state index contributed by atoms with van der Waals surface area (Å²) in [6.07, 6.45) is 5.17. The second-order valence-electron chi connectivity index (χ2n) is 6.89. The van der Waals surface area contributed by atoms with Gasteiger partial charge in [-0.3, -0.25) is 4.98 Å². The fourth-order valence-electron chi connectivity index (χ4n) is 3.53. The molecule has 30 heavy (non-hydrogen) atoms. The Morgan fingerprint density at radius 2 is 1.87 bits per heavy atom. The van der Waals surface area contributed by atoms with Gasteiger partial charge in [0.15, 0.2) is 5.65 Å². The zero-order chi connectivity index (χ0) is 21.3. The Morgan fingerprint density at radius 3 is 2.53 bits per heavy atom. The Morgan fingerprint density at radius 1 is 1.10 bits per heavy atom. The molecule has 0 saturated carbocycles. The van der Waals surface area contributed by atoms with Gasteiger partial charge >= 0.3 is 5.97 Å². The van der Waals surface area contributed by atoms with Gasteiger partial charge < -0.3 is 4.74 Å². The SMILES string of the molecule is CCOC(=O)c1c(-c2ccc(F)cc2)nc2c(cnn2CC)c1-c1cncc(C)c1. The normalized spacial score (nSPS) is 11.1. The molecule has 3 aromatic heterocycles. The van der Waals surface area contributed by atoms with E-state index in [9.17, 15) is 9.18 Å². The molecule has 0 atom stereocenters. The van der Waals surface area contributed by atoms with Crippen molar-refractivity contribution in [1.82, 2.24) is 19.7 Å². The highest BCUT2D eigenvalue weighted by Crippen LogP contribution is 2.37. The molecule has 0 aliphatic carbocycles. The van der Waals surface area contributed by atoms with Gasteiger partial charge in [-0.15, -0.1) is 0 Å². The molecule has 0 aliphatic rings. The lowest BCUT2D eigenvalue weighted by Crippen LogP contribution is -2.11. The summed E-state index contributed by atoms with van der Waals surface area (Å²) in [6.45, 7) is 6.50. The number of aromatic nitrogens is 4. The van der Waals surface area contributed by atoms with E-state index >= 15 is 0 Å². The van der Waals surface area contributed by atoms with Crippen LogP contribution in [0, 0.1) is 12.7 Å². The van der Waals surface area contributed by atoms with Gasteiger partial charge in [-0.2, -0.15) is 5.10 Å². The van der Waals surface area contributed by atoms with Crippen molar-refractivity contribution in [2.24, 2.45) is 0 Å². The van der Waals surface area contributed by atoms with Crippen molar-refractivity contribution >= 4 is 17.0 Å². The van der Waals surface area contributed by atoms with E-state index in [1.807, 2.05) is 19.9 Å². The highest BCUT2D eigenvalue weighted by molar-refractivity contribution is 6.10. The molecule has 0 bridgehead atoms. The number of carbonyl (C=O) groups is 1. The number of benzene rings is 1. The fourth-order valence-corrected chi connectivity index (χ4v) is 3.53. The van der Waals surface area contributed by atoms with E-state index in [0.29, 0.717) is 34.6 Å². The minimum absolute atomic E-state index is 0.222. The average molecular weight is 404 g/mol. The Kier molecular flexibility index (Phi) is 5.27. The third kappa shape index (κ3) is 3.43. The molecule has 0 unspecified atom stereocenters. The van der Waals surface area contributed by atoms with Crippen LogP contribution in [0.1, 0.15) is 29.8 Å². The van der Waals surface area contributed by atoms with E-state index in [-0.39, 0.29) is 12.4 Å². The maximum absolute atomic E-state index is 13.6. The lowest BCUT2D eigenvalue weighted by molar-refractivity contribution is 0.0528. The third-order valence-corrected chi connectivity index (χ3v) is 4.85. The summed E-state index contributed by atoms with van der Waals surface area (Å²) >= 11 is 0. The summed E-state index contributed by atoms with van der Waals surface area (Å²) in [4.78, 5) is 22.2. The Bertz CT molecular complexity index is 1230. The zero-order valence-electron chi connectivity index (χ0n) is 17.0. The molecule has 4 rings (SSSR count). The summed E-state index contributed by atoms with van der Waals surface area (Å²) in [7, 11) is 0. The molecule has 0 fully saturated rings. The van der Waals surface area contributed by atoms with Gasteiger partial charge in [0.25, 0.3) is 0 Å². The van der Waals surface area contributed by atoms with E-state index in [0.717, 1.165) is 16.5 Å². The lowest BCUT2D eigenvalue weighted by Gasteiger charge is -2.16. The largest absolute Gasteiger partial charge is 0.462 e. The summed E-state index contributed by atoms with van der Waals surface area (Å²) in [5, 5.41) is 5.17. The van der Waals surface area contributed by atoms with Gasteiger partial charge in [0.1, 0.15) is 5.82 Å². The molecule has 0 N–H and O–H groups in total. The topological polar surface area (TPSA) is 69.9 Å². The predicted molar refractivity (Wildman–Crippen MR) is 113 cm³/mol. The van der Waals surface area contributed by atoms with E-state index in [2.05, 4.69) is 10.1 Å². The molecule has 1 aromatic carbocycles. The van der Waals surface area contributed by atoms with Crippen LogP contribution in [0.15, 0.2) is 48.9 Å². The maximum atomic E-state index is 13.6. The van der Waals surface area contributed by atoms with Crippen molar-refractivity contribution in [3.63, 3.8) is 0 Å². The summed E-state index contributed by atoms with van der Waals surface area (Å²) in [5.74, 6) is -0.855. The van der Waals surface area contributed by atoms with Crippen LogP contribution in [0.5, 0.6) is 0 Å². The van der Waals surface area contributed by atoms with E-state index in [1.165, 1.54) is 12.1 Å². The van der Waals surface area contributed by atoms with Crippen LogP contribution >= 0.6 is 0 Å². The number of nitrogens with zero attached hydrogens (tertiary/aromatic N) is 4. The summed E-state index contributed by atoms with van der Waals surface area (Å²) < 4.78 is 20.7. The van der Waals surface area contributed by atoms with Gasteiger partial charge in [-0.1, -0.05) is 0 Å². The number of hydrogen-bond acceptors (Lipinski definition) is 5. The lowest BCUT2D eigenvalue weighted by atomic mass is 9.94. The van der Waals surface area contributed by atoms with E-state index in [4.69, 9.17) is 9.72 Å². The van der Waals surface area contributed by atoms with Crippen LogP contribution in [-0.4, -0.2) is 32.3 Å². The average Bonchev–Trinajstić information content (AvgIpc) is 3.16. The van der Waals surface area contributed by atoms with Gasteiger partial charge in [-0.05, 0) is 56.7 Å². The van der Waals surface area contributed by atoms with Crippen molar-refractivity contribution in [3.8, 4) is 22.4 Å². The molecule has 6 nitrogen and oxygen atoms in total. The summed E-state index contributed by atoms with van der Waals surface area (Å²) in [6, 6.07) is 7.87. The molecule has 0 spiro atoms. The molecule has 0 radical (unpaired) electrons. The van der Waals surface area contributed by atoms with Gasteiger partial charge in [-0.25, -0.2) is 18.9 Å². The molecule has 152 valence electrons. The van der Waals surface area contributed by atoms with Crippen molar-refractivity contribution in [3.05, 3.63) is 65.9 Å². The van der Waals surface area contributed by atoms with E-state index < -0.39 is 5.97 Å². The number of rotatable bonds is 5. The summed E-state index contributed by atoms with van der Waals surface area (Å²) in [5.41, 5.74) is 4.39. The Balaban J connectivity index is 2.14. The van der Waals surface area contributed by atoms with Gasteiger partial charge in [0.05, 0.1) is 24.1 Å². The quantitative estimate of drug-likeness (QED) is 0.447. The second kappa shape index (κ2) is 8.02. The van der Waals surface area contributed by atoms with Gasteiger partial charge in [0.2, 0.25) is 0 Å². The standard InChI is InChI=1S/C23H21FN4O2/c1-4-28-22-18(13-26-28)19(16-10-14(3)11-25-12-16)20(23(29)30-5-2)21(27-22)15-6-8-17(24)9-7-15/h6-13H,4-5H2,1-3H3. The zero-order valence-corrected chi connectivity index (χ0v) is 17.0. The number of fused-ring (bicyclic) bond motifs is 1. The molecular weight excluding hydrogens is 383 g/mol. The number of aryl methyl sites for hydroxylation is 2. The first-order valence-corrected chi connectivity index (χ1v) is 9.78. The monoisotopic (exact) mass is 404 g/mol. The number of halogens is 1. The van der Waals surface area contributed by atoms with Crippen LogP contribution in [0.4, 0.5) is 4.39 Å². The molecule has 0 saturated heterocycles. The van der Waals surface area contributed by atoms with Gasteiger partial charge in [0, 0.05) is 41.0 Å². The molecule has 0 aliphatic heterocycles. The molecule has 7 heteroatoms. The maximum Gasteiger partial charge on any atom is 0.341 e. The first-order chi connectivity index (χ1) is 14.5. The molecule has 4 aromatic rings. The second-order valence-corrected chi connectivity index (χ2v) is 6.89. The minimum atomic E-state index is -0.494. The number of esters is 1. The van der Waals surface area contributed by atoms with Crippen LogP contribution in [0.2, 0.25) is 0 Å². The number of pyridine rings is 2. The van der Waals surface area contributed by atoms with Crippen molar-refractivity contribution in [2.75, 3.05) is 6.61 Å². The van der Waals surface area contributed by atoms with Crippen LogP contribution in [-0.2, 0) is 11.3 Å². The first-order valence-electron chi connectivity index (χ1n) is 9.78. The fraction of sp³-hybridized carbons (Fsp3) is 0.217. The predicted octanol–water partition coefficient (Wildman–Crippen LogP) is 4.80. The Hall–Kier alpha value is -3.61. The van der Waals surface area contributed by atoms with Crippen LogP contribution in [0.3, 0.4) is 0 Å². The highest BCUT2D eigenvalue weighted by Gasteiger charge is 2.26. The van der Waals surface area contributed by atoms with Crippen LogP contribution < -0.4 is 0 Å². The molecular formula is C23H21FN4O2. The van der Waals surface area contributed by atoms with Crippen molar-refractivity contribution < 1.29 is 13.9 Å². The molecule has 3 heterocycles. The van der Waals surface area contributed by atoms with E-state index in [1.54, 1.807) is 42.3 Å². The smallest absolute Gasteiger partial charge is 0.341 e. The van der Waals surface area contributed by atoms with Crippen molar-refractivity contribution in [1.29, 1.82) is 0 Å². The van der Waals surface area contributed by atoms with Crippen LogP contribution in [0.25, 0.3) is 33.4 Å². The molecule has 0 amide bonds. The first kappa shape index (κ1) is 19.7. The van der Waals surface area contributed by atoms with Crippen molar-refractivity contribution in [2.45, 2.75) is 27.3 Å². The Labute approximate surface area is 173 Å². The minimum Gasteiger partial charge on any atom is -0.462 e. The number of hydrogen-bond donors (Lipinski definition) is 0. The number of ether oxygens (including phenoxy) is 1. The third-order valence-electron chi connectivity index (χ3n) is 4.85.